The maximum atomic E-state index is 12.2. The van der Waals surface area contributed by atoms with Crippen LogP contribution >= 0.6 is 11.3 Å². The number of thiophene rings is 1. The number of nitrogens with zero attached hydrogens (tertiary/aromatic N) is 3. The molecular weight excluding hydrogens is 290 g/mol. The molecule has 0 bridgehead atoms. The van der Waals surface area contributed by atoms with Crippen molar-refractivity contribution in [2.45, 2.75) is 12.5 Å². The minimum atomic E-state index is -0.0599. The van der Waals surface area contributed by atoms with Gasteiger partial charge >= 0.3 is 0 Å². The summed E-state index contributed by atoms with van der Waals surface area (Å²) in [5.74, 6) is 0.898. The van der Waals surface area contributed by atoms with Gasteiger partial charge in [-0.3, -0.25) is 9.78 Å². The molecule has 0 spiro atoms. The van der Waals surface area contributed by atoms with Crippen molar-refractivity contribution in [2.24, 2.45) is 0 Å². The largest absolute Gasteiger partial charge is 0.480 e. The van der Waals surface area contributed by atoms with Crippen molar-refractivity contribution >= 4 is 17.2 Å². The zero-order valence-corrected chi connectivity index (χ0v) is 12.4. The number of carbonyl (C=O) groups excluding carboxylic acids is 1. The lowest BCUT2D eigenvalue weighted by Crippen LogP contribution is -2.30. The third kappa shape index (κ3) is 3.13. The molecule has 1 atom stereocenters. The summed E-state index contributed by atoms with van der Waals surface area (Å²) in [4.78, 5) is 23.0. The van der Waals surface area contributed by atoms with Crippen LogP contribution in [0.15, 0.2) is 29.9 Å². The van der Waals surface area contributed by atoms with Crippen LogP contribution in [0.2, 0.25) is 0 Å². The van der Waals surface area contributed by atoms with E-state index in [-0.39, 0.29) is 12.0 Å². The summed E-state index contributed by atoms with van der Waals surface area (Å²) >= 11 is 1.46. The molecular formula is C14H15N3O3S. The molecule has 1 amide bonds. The standard InChI is InChI=1S/C14H15N3O3S/c1-19-12-7-15-8-13(16-12)20-10-4-5-17(9-10)14(18)11-3-2-6-21-11/h2-3,6-8,10H,4-5,9H2,1H3/t10-/m1/s1. The van der Waals surface area contributed by atoms with Crippen molar-refractivity contribution in [1.82, 2.24) is 14.9 Å². The normalized spacial score (nSPS) is 17.8. The van der Waals surface area contributed by atoms with E-state index < -0.39 is 0 Å². The van der Waals surface area contributed by atoms with Crippen LogP contribution in [0.5, 0.6) is 11.8 Å². The number of hydrogen-bond acceptors (Lipinski definition) is 6. The summed E-state index contributed by atoms with van der Waals surface area (Å²) in [6, 6.07) is 3.72. The van der Waals surface area contributed by atoms with E-state index in [1.807, 2.05) is 22.4 Å². The van der Waals surface area contributed by atoms with Crippen molar-refractivity contribution in [3.8, 4) is 11.8 Å². The molecule has 1 aliphatic rings. The van der Waals surface area contributed by atoms with Gasteiger partial charge in [-0.2, -0.15) is 4.98 Å². The molecule has 0 aromatic carbocycles. The number of amides is 1. The Kier molecular flexibility index (Phi) is 4.01. The molecule has 6 nitrogen and oxygen atoms in total. The first-order valence-electron chi connectivity index (χ1n) is 6.62. The van der Waals surface area contributed by atoms with Crippen LogP contribution in [-0.2, 0) is 0 Å². The Morgan fingerprint density at radius 3 is 3.05 bits per heavy atom. The number of likely N-dealkylation sites (tertiary alicyclic amines) is 1. The fourth-order valence-electron chi connectivity index (χ4n) is 2.22. The minimum Gasteiger partial charge on any atom is -0.480 e. The maximum absolute atomic E-state index is 12.2. The van der Waals surface area contributed by atoms with E-state index in [1.165, 1.54) is 24.6 Å². The first-order valence-corrected chi connectivity index (χ1v) is 7.49. The fraction of sp³-hybridized carbons (Fsp3) is 0.357. The first kappa shape index (κ1) is 13.8. The summed E-state index contributed by atoms with van der Waals surface area (Å²) in [6.45, 7) is 1.26. The van der Waals surface area contributed by atoms with E-state index in [4.69, 9.17) is 9.47 Å². The van der Waals surface area contributed by atoms with Crippen LogP contribution in [0.1, 0.15) is 16.1 Å². The van der Waals surface area contributed by atoms with Crippen LogP contribution < -0.4 is 9.47 Å². The van der Waals surface area contributed by atoms with Gasteiger partial charge in [-0.25, -0.2) is 0 Å². The second-order valence-electron chi connectivity index (χ2n) is 4.66. The highest BCUT2D eigenvalue weighted by Gasteiger charge is 2.29. The van der Waals surface area contributed by atoms with Gasteiger partial charge in [0, 0.05) is 13.0 Å². The molecule has 110 valence electrons. The smallest absolute Gasteiger partial charge is 0.264 e. The summed E-state index contributed by atoms with van der Waals surface area (Å²) in [5.41, 5.74) is 0. The van der Waals surface area contributed by atoms with Gasteiger partial charge in [-0.1, -0.05) is 6.07 Å². The Morgan fingerprint density at radius 1 is 1.43 bits per heavy atom. The molecule has 21 heavy (non-hydrogen) atoms. The Balaban J connectivity index is 1.60. The highest BCUT2D eigenvalue weighted by Crippen LogP contribution is 2.20. The number of hydrogen-bond donors (Lipinski definition) is 0. The monoisotopic (exact) mass is 305 g/mol. The highest BCUT2D eigenvalue weighted by atomic mass is 32.1. The van der Waals surface area contributed by atoms with E-state index in [2.05, 4.69) is 9.97 Å². The highest BCUT2D eigenvalue weighted by molar-refractivity contribution is 7.12. The molecule has 2 aromatic rings. The number of ether oxygens (including phenoxy) is 2. The Morgan fingerprint density at radius 2 is 2.29 bits per heavy atom. The topological polar surface area (TPSA) is 64.6 Å². The summed E-state index contributed by atoms with van der Waals surface area (Å²) in [5, 5.41) is 1.91. The molecule has 1 aliphatic heterocycles. The number of rotatable bonds is 4. The summed E-state index contributed by atoms with van der Waals surface area (Å²) in [6.07, 6.45) is 3.80. The van der Waals surface area contributed by atoms with E-state index in [0.29, 0.717) is 24.8 Å². The third-order valence-corrected chi connectivity index (χ3v) is 4.11. The lowest BCUT2D eigenvalue weighted by Gasteiger charge is -2.16. The second-order valence-corrected chi connectivity index (χ2v) is 5.60. The van der Waals surface area contributed by atoms with Crippen LogP contribution in [0.25, 0.3) is 0 Å². The predicted octanol–water partition coefficient (Wildman–Crippen LogP) is 1.84. The minimum absolute atomic E-state index is 0.0599. The SMILES string of the molecule is COc1cncc(O[C@@H]2CCN(C(=O)c3cccs3)C2)n1. The van der Waals surface area contributed by atoms with Gasteiger partial charge in [-0.15, -0.1) is 11.3 Å². The average Bonchev–Trinajstić information content (AvgIpc) is 3.18. The van der Waals surface area contributed by atoms with Gasteiger partial charge in [0.15, 0.2) is 0 Å². The van der Waals surface area contributed by atoms with E-state index in [1.54, 1.807) is 6.20 Å². The Labute approximate surface area is 126 Å². The zero-order valence-electron chi connectivity index (χ0n) is 11.6. The van der Waals surface area contributed by atoms with Crippen molar-refractivity contribution in [3.05, 3.63) is 34.8 Å². The van der Waals surface area contributed by atoms with E-state index in [0.717, 1.165) is 11.3 Å². The Bertz CT molecular complexity index is 618. The fourth-order valence-corrected chi connectivity index (χ4v) is 2.91. The van der Waals surface area contributed by atoms with Crippen LogP contribution in [0.4, 0.5) is 0 Å². The van der Waals surface area contributed by atoms with E-state index in [9.17, 15) is 4.79 Å². The maximum Gasteiger partial charge on any atom is 0.264 e. The summed E-state index contributed by atoms with van der Waals surface area (Å²) in [7, 11) is 1.53. The predicted molar refractivity (Wildman–Crippen MR) is 77.8 cm³/mol. The number of methoxy groups -OCH3 is 1. The number of carbonyl (C=O) groups is 1. The molecule has 0 unspecified atom stereocenters. The van der Waals surface area contributed by atoms with Gasteiger partial charge in [-0.05, 0) is 11.4 Å². The molecule has 0 aliphatic carbocycles. The molecule has 3 heterocycles. The third-order valence-electron chi connectivity index (χ3n) is 3.25. The molecule has 1 saturated heterocycles. The van der Waals surface area contributed by atoms with Gasteiger partial charge in [0.2, 0.25) is 11.8 Å². The molecule has 7 heteroatoms. The van der Waals surface area contributed by atoms with Gasteiger partial charge in [0.05, 0.1) is 30.9 Å². The van der Waals surface area contributed by atoms with Gasteiger partial charge in [0.1, 0.15) is 6.10 Å². The zero-order chi connectivity index (χ0) is 14.7. The first-order chi connectivity index (χ1) is 10.3. The molecule has 0 radical (unpaired) electrons. The van der Waals surface area contributed by atoms with Gasteiger partial charge < -0.3 is 14.4 Å². The lowest BCUT2D eigenvalue weighted by atomic mass is 10.3. The van der Waals surface area contributed by atoms with Gasteiger partial charge in [0.25, 0.3) is 5.91 Å². The second kappa shape index (κ2) is 6.09. The van der Waals surface area contributed by atoms with Crippen LogP contribution in [0, 0.1) is 0 Å². The molecule has 3 rings (SSSR count). The lowest BCUT2D eigenvalue weighted by molar-refractivity contribution is 0.0775. The molecule has 1 fully saturated rings. The summed E-state index contributed by atoms with van der Waals surface area (Å²) < 4.78 is 10.8. The molecule has 0 N–H and O–H groups in total. The Hall–Kier alpha value is -2.15. The molecule has 0 saturated carbocycles. The average molecular weight is 305 g/mol. The van der Waals surface area contributed by atoms with Crippen LogP contribution in [0.3, 0.4) is 0 Å². The van der Waals surface area contributed by atoms with Crippen molar-refractivity contribution in [3.63, 3.8) is 0 Å². The van der Waals surface area contributed by atoms with Crippen LogP contribution in [-0.4, -0.2) is 47.1 Å². The van der Waals surface area contributed by atoms with E-state index >= 15 is 0 Å². The van der Waals surface area contributed by atoms with Crippen molar-refractivity contribution in [1.29, 1.82) is 0 Å². The quantitative estimate of drug-likeness (QED) is 0.862. The molecule has 2 aromatic heterocycles. The van der Waals surface area contributed by atoms with Crippen molar-refractivity contribution < 1.29 is 14.3 Å². The van der Waals surface area contributed by atoms with Crippen molar-refractivity contribution in [2.75, 3.05) is 20.2 Å². The number of aromatic nitrogens is 2.